The van der Waals surface area contributed by atoms with E-state index < -0.39 is 0 Å². The van der Waals surface area contributed by atoms with Gasteiger partial charge in [-0.15, -0.1) is 0 Å². The number of hydrogen-bond acceptors (Lipinski definition) is 0. The van der Waals surface area contributed by atoms with Crippen molar-refractivity contribution in [2.45, 2.75) is 40.0 Å². The molecule has 0 aromatic rings. The second-order valence-corrected chi connectivity index (χ2v) is 3.01. The molecule has 0 spiro atoms. The van der Waals surface area contributed by atoms with Crippen molar-refractivity contribution in [1.29, 1.82) is 0 Å². The summed E-state index contributed by atoms with van der Waals surface area (Å²) in [6, 6.07) is 0. The first-order valence-corrected chi connectivity index (χ1v) is 4.01. The summed E-state index contributed by atoms with van der Waals surface area (Å²) in [5, 5.41) is 0. The van der Waals surface area contributed by atoms with Gasteiger partial charge >= 0.3 is 0 Å². The van der Waals surface area contributed by atoms with E-state index in [4.69, 9.17) is 0 Å². The Morgan fingerprint density at radius 3 is 2.11 bits per heavy atom. The molecule has 0 bridgehead atoms. The highest BCUT2D eigenvalue weighted by Crippen LogP contribution is 2.18. The Hall–Kier alpha value is 0. The SMILES string of the molecule is [CH2]CCC(C)C(C)CC. The Bertz CT molecular complexity index is 57.1. The number of hydrogen-bond donors (Lipinski definition) is 0. The molecule has 0 aliphatic carbocycles. The lowest BCUT2D eigenvalue weighted by Gasteiger charge is -2.16. The van der Waals surface area contributed by atoms with Gasteiger partial charge in [-0.2, -0.15) is 0 Å². The second kappa shape index (κ2) is 4.84. The molecule has 0 N–H and O–H groups in total. The summed E-state index contributed by atoms with van der Waals surface area (Å²) in [5.74, 6) is 1.75. The third kappa shape index (κ3) is 3.56. The Balaban J connectivity index is 3.32. The molecule has 9 heavy (non-hydrogen) atoms. The molecular formula is C9H19. The topological polar surface area (TPSA) is 0 Å². The molecule has 0 heterocycles. The molecule has 2 atom stereocenters. The zero-order chi connectivity index (χ0) is 7.28. The normalized spacial score (nSPS) is 17.3. The van der Waals surface area contributed by atoms with E-state index in [9.17, 15) is 0 Å². The first-order valence-electron chi connectivity index (χ1n) is 4.01. The van der Waals surface area contributed by atoms with Gasteiger partial charge in [-0.3, -0.25) is 0 Å². The highest BCUT2D eigenvalue weighted by atomic mass is 14.1. The summed E-state index contributed by atoms with van der Waals surface area (Å²) < 4.78 is 0. The molecule has 0 aromatic carbocycles. The van der Waals surface area contributed by atoms with E-state index in [0.717, 1.165) is 18.3 Å². The van der Waals surface area contributed by atoms with Gasteiger partial charge in [-0.05, 0) is 11.8 Å². The van der Waals surface area contributed by atoms with Gasteiger partial charge in [-0.25, -0.2) is 0 Å². The molecule has 1 radical (unpaired) electrons. The molecule has 2 unspecified atom stereocenters. The van der Waals surface area contributed by atoms with Crippen LogP contribution >= 0.6 is 0 Å². The lowest BCUT2D eigenvalue weighted by molar-refractivity contribution is 0.357. The van der Waals surface area contributed by atoms with Crippen LogP contribution in [0.25, 0.3) is 0 Å². The lowest BCUT2D eigenvalue weighted by Crippen LogP contribution is -2.05. The van der Waals surface area contributed by atoms with Crippen molar-refractivity contribution >= 4 is 0 Å². The maximum Gasteiger partial charge on any atom is -0.0417 e. The lowest BCUT2D eigenvalue weighted by atomic mass is 9.90. The highest BCUT2D eigenvalue weighted by Gasteiger charge is 2.07. The molecular weight excluding hydrogens is 108 g/mol. The fraction of sp³-hybridized carbons (Fsp3) is 0.889. The maximum atomic E-state index is 3.84. The van der Waals surface area contributed by atoms with Crippen molar-refractivity contribution in [2.24, 2.45) is 11.8 Å². The minimum absolute atomic E-state index is 0.868. The molecule has 0 saturated heterocycles. The molecule has 0 aliphatic rings. The maximum absolute atomic E-state index is 3.84. The van der Waals surface area contributed by atoms with Crippen molar-refractivity contribution in [3.8, 4) is 0 Å². The zero-order valence-corrected chi connectivity index (χ0v) is 6.98. The largest absolute Gasteiger partial charge is 0.0651 e. The monoisotopic (exact) mass is 127 g/mol. The predicted octanol–water partition coefficient (Wildman–Crippen LogP) is 3.28. The molecule has 55 valence electrons. The van der Waals surface area contributed by atoms with E-state index >= 15 is 0 Å². The first-order chi connectivity index (χ1) is 4.22. The third-order valence-electron chi connectivity index (χ3n) is 2.27. The van der Waals surface area contributed by atoms with E-state index in [1.165, 1.54) is 12.8 Å². The highest BCUT2D eigenvalue weighted by molar-refractivity contribution is 4.60. The average Bonchev–Trinajstić information content (AvgIpc) is 1.87. The molecule has 0 fully saturated rings. The summed E-state index contributed by atoms with van der Waals surface area (Å²) in [6.45, 7) is 10.7. The smallest absolute Gasteiger partial charge is 0.0417 e. The van der Waals surface area contributed by atoms with E-state index in [2.05, 4.69) is 27.7 Å². The molecule has 0 nitrogen and oxygen atoms in total. The summed E-state index contributed by atoms with van der Waals surface area (Å²) in [7, 11) is 0. The van der Waals surface area contributed by atoms with Crippen LogP contribution in [0, 0.1) is 18.8 Å². The molecule has 0 aromatic heterocycles. The average molecular weight is 127 g/mol. The van der Waals surface area contributed by atoms with Crippen LogP contribution in [0.5, 0.6) is 0 Å². The minimum Gasteiger partial charge on any atom is -0.0651 e. The van der Waals surface area contributed by atoms with Crippen LogP contribution in [0.15, 0.2) is 0 Å². The van der Waals surface area contributed by atoms with Gasteiger partial charge in [0.1, 0.15) is 0 Å². The van der Waals surface area contributed by atoms with E-state index in [0.29, 0.717) is 0 Å². The minimum atomic E-state index is 0.868. The summed E-state index contributed by atoms with van der Waals surface area (Å²) in [5.41, 5.74) is 0. The van der Waals surface area contributed by atoms with Gasteiger partial charge in [0.25, 0.3) is 0 Å². The molecule has 0 aliphatic heterocycles. The van der Waals surface area contributed by atoms with Crippen molar-refractivity contribution in [1.82, 2.24) is 0 Å². The molecule has 0 amide bonds. The summed E-state index contributed by atoms with van der Waals surface area (Å²) >= 11 is 0. The van der Waals surface area contributed by atoms with Gasteiger partial charge in [0.15, 0.2) is 0 Å². The molecule has 0 rings (SSSR count). The molecule has 0 heteroatoms. The van der Waals surface area contributed by atoms with Gasteiger partial charge in [-0.1, -0.05) is 47.0 Å². The quantitative estimate of drug-likeness (QED) is 0.543. The van der Waals surface area contributed by atoms with Crippen molar-refractivity contribution in [2.75, 3.05) is 0 Å². The third-order valence-corrected chi connectivity index (χ3v) is 2.27. The summed E-state index contributed by atoms with van der Waals surface area (Å²) in [6.07, 6.45) is 3.68. The van der Waals surface area contributed by atoms with E-state index in [1.54, 1.807) is 0 Å². The van der Waals surface area contributed by atoms with Gasteiger partial charge < -0.3 is 0 Å². The van der Waals surface area contributed by atoms with Crippen LogP contribution < -0.4 is 0 Å². The van der Waals surface area contributed by atoms with Crippen LogP contribution in [0.2, 0.25) is 0 Å². The number of rotatable bonds is 4. The standard InChI is InChI=1S/C9H19/c1-5-7-9(4)8(3)6-2/h8-9H,1,5-7H2,2-4H3. The fourth-order valence-electron chi connectivity index (χ4n) is 1.01. The fourth-order valence-corrected chi connectivity index (χ4v) is 1.01. The Kier molecular flexibility index (Phi) is 4.84. The van der Waals surface area contributed by atoms with E-state index in [1.807, 2.05) is 0 Å². The van der Waals surface area contributed by atoms with Crippen LogP contribution in [0.3, 0.4) is 0 Å². The van der Waals surface area contributed by atoms with Gasteiger partial charge in [0.05, 0.1) is 0 Å². The van der Waals surface area contributed by atoms with Crippen LogP contribution in [0.4, 0.5) is 0 Å². The van der Waals surface area contributed by atoms with Crippen LogP contribution in [-0.2, 0) is 0 Å². The predicted molar refractivity (Wildman–Crippen MR) is 43.2 cm³/mol. The zero-order valence-electron chi connectivity index (χ0n) is 6.98. The van der Waals surface area contributed by atoms with Gasteiger partial charge in [0, 0.05) is 0 Å². The second-order valence-electron chi connectivity index (χ2n) is 3.01. The van der Waals surface area contributed by atoms with Crippen LogP contribution in [0.1, 0.15) is 40.0 Å². The Morgan fingerprint density at radius 1 is 1.22 bits per heavy atom. The van der Waals surface area contributed by atoms with Crippen molar-refractivity contribution < 1.29 is 0 Å². The van der Waals surface area contributed by atoms with Gasteiger partial charge in [0.2, 0.25) is 0 Å². The Labute approximate surface area is 59.7 Å². The van der Waals surface area contributed by atoms with E-state index in [-0.39, 0.29) is 0 Å². The van der Waals surface area contributed by atoms with Crippen molar-refractivity contribution in [3.05, 3.63) is 6.92 Å². The molecule has 0 saturated carbocycles. The van der Waals surface area contributed by atoms with Crippen molar-refractivity contribution in [3.63, 3.8) is 0 Å². The van der Waals surface area contributed by atoms with Crippen LogP contribution in [-0.4, -0.2) is 0 Å². The summed E-state index contributed by atoms with van der Waals surface area (Å²) in [4.78, 5) is 0. The Morgan fingerprint density at radius 2 is 1.78 bits per heavy atom. The first kappa shape index (κ1) is 9.00.